The normalized spacial score (nSPS) is 23.6. The number of amides is 1. The number of sulfone groups is 1. The van der Waals surface area contributed by atoms with Gasteiger partial charge in [0.1, 0.15) is 0 Å². The summed E-state index contributed by atoms with van der Waals surface area (Å²) in [7, 11) is -3.46. The fraction of sp³-hybridized carbons (Fsp3) is 0.650. The number of ether oxygens (including phenoxy) is 2. The van der Waals surface area contributed by atoms with E-state index in [2.05, 4.69) is 0 Å². The predicted octanol–water partition coefficient (Wildman–Crippen LogP) is 2.09. The van der Waals surface area contributed by atoms with Crippen molar-refractivity contribution in [2.75, 3.05) is 25.5 Å². The molecule has 1 amide bonds. The number of likely N-dealkylation sites (tertiary alicyclic amines) is 1. The van der Waals surface area contributed by atoms with Crippen molar-refractivity contribution in [2.24, 2.45) is 0 Å². The van der Waals surface area contributed by atoms with Crippen LogP contribution in [0.25, 0.3) is 0 Å². The zero-order valence-electron chi connectivity index (χ0n) is 15.6. The number of hydrogen-bond acceptors (Lipinski definition) is 5. The number of carbonyl (C=O) groups excluding carboxylic acids is 1. The van der Waals surface area contributed by atoms with Gasteiger partial charge in [-0.3, -0.25) is 4.79 Å². The van der Waals surface area contributed by atoms with Crippen LogP contribution in [-0.4, -0.2) is 57.1 Å². The quantitative estimate of drug-likeness (QED) is 0.766. The first-order valence-corrected chi connectivity index (χ1v) is 11.6. The lowest BCUT2D eigenvalue weighted by atomic mass is 10.0. The van der Waals surface area contributed by atoms with Crippen molar-refractivity contribution in [3.05, 3.63) is 29.3 Å². The van der Waals surface area contributed by atoms with E-state index in [0.29, 0.717) is 24.7 Å². The summed E-state index contributed by atoms with van der Waals surface area (Å²) in [5.41, 5.74) is 2.38. The third-order valence-corrected chi connectivity index (χ3v) is 7.56. The molecule has 1 atom stereocenters. The lowest BCUT2D eigenvalue weighted by Gasteiger charge is -2.38. The summed E-state index contributed by atoms with van der Waals surface area (Å²) < 4.78 is 36.7. The number of benzene rings is 1. The molecule has 6 nitrogen and oxygen atoms in total. The fourth-order valence-electron chi connectivity index (χ4n) is 4.37. The van der Waals surface area contributed by atoms with Crippen molar-refractivity contribution >= 4 is 15.7 Å². The van der Waals surface area contributed by atoms with Gasteiger partial charge in [-0.25, -0.2) is 8.42 Å². The summed E-state index contributed by atoms with van der Waals surface area (Å²) in [4.78, 5) is 14.9. The molecule has 1 unspecified atom stereocenters. The minimum absolute atomic E-state index is 0.00262. The number of hydrogen-bond donors (Lipinski definition) is 0. The predicted molar refractivity (Wildman–Crippen MR) is 100 cm³/mol. The maximum absolute atomic E-state index is 12.8. The lowest BCUT2D eigenvalue weighted by molar-refractivity contribution is -0.150. The average Bonchev–Trinajstić information content (AvgIpc) is 3.37. The molecule has 4 rings (SSSR count). The SMILES string of the molecule is O=C(CCS(=O)(=O)c1ccc2c(c1)CCC2)N1CCCCC1C1OCCO1. The second-order valence-electron chi connectivity index (χ2n) is 7.61. The second-order valence-corrected chi connectivity index (χ2v) is 9.72. The van der Waals surface area contributed by atoms with Crippen molar-refractivity contribution < 1.29 is 22.7 Å². The molecular formula is C20H27NO5S. The molecule has 0 saturated carbocycles. The van der Waals surface area contributed by atoms with Gasteiger partial charge >= 0.3 is 0 Å². The van der Waals surface area contributed by atoms with Crippen LogP contribution in [0.5, 0.6) is 0 Å². The minimum atomic E-state index is -3.46. The molecule has 0 bridgehead atoms. The lowest BCUT2D eigenvalue weighted by Crippen LogP contribution is -2.50. The van der Waals surface area contributed by atoms with Gasteiger partial charge < -0.3 is 14.4 Å². The Hall–Kier alpha value is -1.44. The monoisotopic (exact) mass is 393 g/mol. The maximum Gasteiger partial charge on any atom is 0.224 e. The van der Waals surface area contributed by atoms with E-state index in [9.17, 15) is 13.2 Å². The van der Waals surface area contributed by atoms with Gasteiger partial charge in [0.05, 0.1) is 29.9 Å². The van der Waals surface area contributed by atoms with Crippen molar-refractivity contribution in [2.45, 2.75) is 62.2 Å². The van der Waals surface area contributed by atoms with Crippen LogP contribution in [0.15, 0.2) is 23.1 Å². The van der Waals surface area contributed by atoms with Crippen molar-refractivity contribution in [3.8, 4) is 0 Å². The standard InChI is InChI=1S/C20H27NO5S/c22-19(21-10-2-1-6-18(21)20-25-11-12-26-20)9-13-27(23,24)17-8-7-15-4-3-5-16(15)14-17/h7-8,14,18,20H,1-6,9-13H2. The Balaban J connectivity index is 1.41. The van der Waals surface area contributed by atoms with Gasteiger partial charge in [0.15, 0.2) is 16.1 Å². The molecule has 0 aromatic heterocycles. The first kappa shape index (κ1) is 18.9. The fourth-order valence-corrected chi connectivity index (χ4v) is 5.65. The molecule has 7 heteroatoms. The van der Waals surface area contributed by atoms with E-state index in [1.807, 2.05) is 6.07 Å². The smallest absolute Gasteiger partial charge is 0.224 e. The highest BCUT2D eigenvalue weighted by Gasteiger charge is 2.36. The van der Waals surface area contributed by atoms with Gasteiger partial charge in [-0.2, -0.15) is 0 Å². The zero-order valence-corrected chi connectivity index (χ0v) is 16.4. The first-order chi connectivity index (χ1) is 13.0. The molecule has 2 heterocycles. The summed E-state index contributed by atoms with van der Waals surface area (Å²) in [6.45, 7) is 1.75. The third kappa shape index (κ3) is 4.05. The highest BCUT2D eigenvalue weighted by Crippen LogP contribution is 2.27. The average molecular weight is 394 g/mol. The molecule has 1 aromatic carbocycles. The molecule has 0 spiro atoms. The van der Waals surface area contributed by atoms with Crippen molar-refractivity contribution in [3.63, 3.8) is 0 Å². The van der Waals surface area contributed by atoms with Crippen LogP contribution in [0.2, 0.25) is 0 Å². The highest BCUT2D eigenvalue weighted by atomic mass is 32.2. The second kappa shape index (κ2) is 7.89. The van der Waals surface area contributed by atoms with E-state index >= 15 is 0 Å². The van der Waals surface area contributed by atoms with Crippen molar-refractivity contribution in [1.29, 1.82) is 0 Å². The summed E-state index contributed by atoms with van der Waals surface area (Å²) in [5.74, 6) is -0.274. The zero-order chi connectivity index (χ0) is 18.9. The molecule has 27 heavy (non-hydrogen) atoms. The Bertz CT molecular complexity index is 801. The minimum Gasteiger partial charge on any atom is -0.348 e. The van der Waals surface area contributed by atoms with Crippen LogP contribution >= 0.6 is 0 Å². The van der Waals surface area contributed by atoms with Crippen LogP contribution in [0.1, 0.15) is 43.2 Å². The Kier molecular flexibility index (Phi) is 5.53. The van der Waals surface area contributed by atoms with Crippen molar-refractivity contribution in [1.82, 2.24) is 4.90 Å². The number of piperidine rings is 1. The van der Waals surface area contributed by atoms with Crippen LogP contribution in [0.3, 0.4) is 0 Å². The van der Waals surface area contributed by atoms with E-state index in [1.54, 1.807) is 17.0 Å². The highest BCUT2D eigenvalue weighted by molar-refractivity contribution is 7.91. The number of aryl methyl sites for hydroxylation is 2. The van der Waals surface area contributed by atoms with E-state index in [4.69, 9.17) is 9.47 Å². The molecule has 0 radical (unpaired) electrons. The largest absolute Gasteiger partial charge is 0.348 e. The van der Waals surface area contributed by atoms with Crippen LogP contribution in [0, 0.1) is 0 Å². The van der Waals surface area contributed by atoms with Gasteiger partial charge in [0, 0.05) is 13.0 Å². The molecule has 2 fully saturated rings. The number of carbonyl (C=O) groups is 1. The summed E-state index contributed by atoms with van der Waals surface area (Å²) in [5, 5.41) is 0. The van der Waals surface area contributed by atoms with E-state index in [-0.39, 0.29) is 30.4 Å². The van der Waals surface area contributed by atoms with Crippen LogP contribution < -0.4 is 0 Å². The number of fused-ring (bicyclic) bond motifs is 1. The first-order valence-electron chi connectivity index (χ1n) is 9.92. The van der Waals surface area contributed by atoms with E-state index in [0.717, 1.165) is 44.1 Å². The molecule has 2 aliphatic heterocycles. The van der Waals surface area contributed by atoms with E-state index < -0.39 is 9.84 Å². The summed E-state index contributed by atoms with van der Waals surface area (Å²) in [6, 6.07) is 5.31. The van der Waals surface area contributed by atoms with Gasteiger partial charge in [0.25, 0.3) is 0 Å². The summed E-state index contributed by atoms with van der Waals surface area (Å²) in [6.07, 6.45) is 5.49. The molecule has 3 aliphatic rings. The van der Waals surface area contributed by atoms with Gasteiger partial charge in [-0.05, 0) is 61.8 Å². The van der Waals surface area contributed by atoms with Gasteiger partial charge in [-0.1, -0.05) is 6.07 Å². The Morgan fingerprint density at radius 3 is 2.67 bits per heavy atom. The number of nitrogens with zero attached hydrogens (tertiary/aromatic N) is 1. The topological polar surface area (TPSA) is 72.9 Å². The molecule has 1 aliphatic carbocycles. The van der Waals surface area contributed by atoms with Crippen LogP contribution in [-0.2, 0) is 36.9 Å². The Morgan fingerprint density at radius 1 is 1.07 bits per heavy atom. The molecule has 2 saturated heterocycles. The molecular weight excluding hydrogens is 366 g/mol. The Morgan fingerprint density at radius 2 is 1.85 bits per heavy atom. The maximum atomic E-state index is 12.8. The number of rotatable bonds is 5. The summed E-state index contributed by atoms with van der Waals surface area (Å²) >= 11 is 0. The van der Waals surface area contributed by atoms with Gasteiger partial charge in [0.2, 0.25) is 5.91 Å². The Labute approximate surface area is 160 Å². The van der Waals surface area contributed by atoms with Crippen LogP contribution in [0.4, 0.5) is 0 Å². The van der Waals surface area contributed by atoms with Gasteiger partial charge in [-0.15, -0.1) is 0 Å². The third-order valence-electron chi connectivity index (χ3n) is 5.85. The molecule has 0 N–H and O–H groups in total. The molecule has 148 valence electrons. The molecule has 1 aromatic rings. The van der Waals surface area contributed by atoms with E-state index in [1.165, 1.54) is 5.56 Å².